The summed E-state index contributed by atoms with van der Waals surface area (Å²) in [5, 5.41) is 2.77. The van der Waals surface area contributed by atoms with Crippen LogP contribution in [0.2, 0.25) is 0 Å². The van der Waals surface area contributed by atoms with Crippen LogP contribution in [0.1, 0.15) is 11.1 Å². The van der Waals surface area contributed by atoms with Gasteiger partial charge in [0.1, 0.15) is 5.82 Å². The Balaban J connectivity index is 1.88. The molecule has 0 atom stereocenters. The third kappa shape index (κ3) is 6.10. The predicted octanol–water partition coefficient (Wildman–Crippen LogP) is 2.59. The van der Waals surface area contributed by atoms with Gasteiger partial charge in [-0.2, -0.15) is 0 Å². The van der Waals surface area contributed by atoms with Crippen molar-refractivity contribution in [3.63, 3.8) is 0 Å². The summed E-state index contributed by atoms with van der Waals surface area (Å²) in [4.78, 5) is 14.2. The first kappa shape index (κ1) is 18.1. The zero-order valence-corrected chi connectivity index (χ0v) is 13.9. The van der Waals surface area contributed by atoms with Crippen LogP contribution in [0.5, 0.6) is 0 Å². The van der Waals surface area contributed by atoms with Gasteiger partial charge in [0.05, 0.1) is 13.2 Å². The van der Waals surface area contributed by atoms with Gasteiger partial charge in [0.15, 0.2) is 0 Å². The fourth-order valence-electron chi connectivity index (χ4n) is 2.37. The molecule has 0 unspecified atom stereocenters. The Morgan fingerprint density at radius 2 is 1.83 bits per heavy atom. The van der Waals surface area contributed by atoms with E-state index in [4.69, 9.17) is 4.74 Å². The van der Waals surface area contributed by atoms with Crippen LogP contribution in [-0.4, -0.2) is 37.6 Å². The first-order valence-electron chi connectivity index (χ1n) is 7.94. The van der Waals surface area contributed by atoms with E-state index in [9.17, 15) is 9.18 Å². The number of halogens is 1. The van der Waals surface area contributed by atoms with Crippen molar-refractivity contribution in [1.82, 2.24) is 10.2 Å². The fraction of sp³-hybridized carbons (Fsp3) is 0.316. The summed E-state index contributed by atoms with van der Waals surface area (Å²) in [5.41, 5.74) is 1.62. The third-order valence-electron chi connectivity index (χ3n) is 3.66. The minimum Gasteiger partial charge on any atom is -0.383 e. The van der Waals surface area contributed by atoms with Crippen LogP contribution in [0.4, 0.5) is 4.39 Å². The quantitative estimate of drug-likeness (QED) is 0.768. The van der Waals surface area contributed by atoms with E-state index in [1.807, 2.05) is 35.2 Å². The van der Waals surface area contributed by atoms with Crippen molar-refractivity contribution in [1.29, 1.82) is 0 Å². The number of benzene rings is 2. The Bertz CT molecular complexity index is 634. The third-order valence-corrected chi connectivity index (χ3v) is 3.66. The number of methoxy groups -OCH3 is 1. The van der Waals surface area contributed by atoms with Gasteiger partial charge in [0.2, 0.25) is 5.91 Å². The Labute approximate surface area is 142 Å². The number of hydrogen-bond donors (Lipinski definition) is 1. The number of carbonyl (C=O) groups excluding carboxylic acids is 1. The lowest BCUT2D eigenvalue weighted by atomic mass is 10.2. The van der Waals surface area contributed by atoms with Gasteiger partial charge in [-0.25, -0.2) is 4.39 Å². The molecule has 2 aromatic carbocycles. The van der Waals surface area contributed by atoms with E-state index in [1.54, 1.807) is 25.3 Å². The molecular formula is C19H23FN2O2. The molecule has 0 aromatic heterocycles. The molecule has 0 aliphatic carbocycles. The Morgan fingerprint density at radius 3 is 2.54 bits per heavy atom. The van der Waals surface area contributed by atoms with Crippen molar-refractivity contribution in [2.45, 2.75) is 13.1 Å². The van der Waals surface area contributed by atoms with Crippen molar-refractivity contribution in [3.8, 4) is 0 Å². The summed E-state index contributed by atoms with van der Waals surface area (Å²) in [5.74, 6) is -0.441. The van der Waals surface area contributed by atoms with E-state index in [0.29, 0.717) is 25.3 Å². The van der Waals surface area contributed by atoms with Crippen molar-refractivity contribution in [3.05, 3.63) is 71.5 Å². The maximum absolute atomic E-state index is 13.6. The van der Waals surface area contributed by atoms with Crippen LogP contribution < -0.4 is 5.32 Å². The second kappa shape index (κ2) is 9.80. The molecule has 1 N–H and O–H groups in total. The molecule has 2 rings (SSSR count). The highest BCUT2D eigenvalue weighted by atomic mass is 19.1. The second-order valence-electron chi connectivity index (χ2n) is 5.56. The number of nitrogens with zero attached hydrogens (tertiary/aromatic N) is 1. The van der Waals surface area contributed by atoms with E-state index in [2.05, 4.69) is 5.32 Å². The number of amides is 1. The first-order chi connectivity index (χ1) is 11.7. The molecule has 0 spiro atoms. The highest BCUT2D eigenvalue weighted by molar-refractivity contribution is 5.78. The molecule has 0 bridgehead atoms. The number of nitrogens with one attached hydrogen (secondary N) is 1. The number of carbonyl (C=O) groups is 1. The Morgan fingerprint density at radius 1 is 1.12 bits per heavy atom. The number of hydrogen-bond acceptors (Lipinski definition) is 3. The average molecular weight is 330 g/mol. The highest BCUT2D eigenvalue weighted by Crippen LogP contribution is 2.06. The van der Waals surface area contributed by atoms with Crippen LogP contribution in [0, 0.1) is 5.82 Å². The second-order valence-corrected chi connectivity index (χ2v) is 5.56. The maximum Gasteiger partial charge on any atom is 0.234 e. The summed E-state index contributed by atoms with van der Waals surface area (Å²) in [6.45, 7) is 2.30. The lowest BCUT2D eigenvalue weighted by Crippen LogP contribution is -2.38. The van der Waals surface area contributed by atoms with Gasteiger partial charge in [-0.3, -0.25) is 9.69 Å². The topological polar surface area (TPSA) is 41.6 Å². The molecule has 5 heteroatoms. The number of ether oxygens (including phenoxy) is 1. The van der Waals surface area contributed by atoms with Crippen molar-refractivity contribution < 1.29 is 13.9 Å². The zero-order chi connectivity index (χ0) is 17.2. The van der Waals surface area contributed by atoms with E-state index >= 15 is 0 Å². The van der Waals surface area contributed by atoms with Crippen molar-refractivity contribution in [2.75, 3.05) is 26.8 Å². The largest absolute Gasteiger partial charge is 0.383 e. The summed E-state index contributed by atoms with van der Waals surface area (Å²) >= 11 is 0. The van der Waals surface area contributed by atoms with Crippen LogP contribution in [0.15, 0.2) is 54.6 Å². The van der Waals surface area contributed by atoms with E-state index in [1.165, 1.54) is 6.07 Å². The van der Waals surface area contributed by atoms with Crippen LogP contribution >= 0.6 is 0 Å². The normalized spacial score (nSPS) is 10.8. The number of rotatable bonds is 9. The highest BCUT2D eigenvalue weighted by Gasteiger charge is 2.12. The molecular weight excluding hydrogens is 307 g/mol. The first-order valence-corrected chi connectivity index (χ1v) is 7.94. The van der Waals surface area contributed by atoms with Crippen LogP contribution in [0.3, 0.4) is 0 Å². The molecule has 2 aromatic rings. The Hall–Kier alpha value is -2.24. The SMILES string of the molecule is COCCN(CC(=O)NCc1ccccc1F)Cc1ccccc1. The smallest absolute Gasteiger partial charge is 0.234 e. The minimum atomic E-state index is -0.307. The van der Waals surface area contributed by atoms with Crippen molar-refractivity contribution in [2.24, 2.45) is 0 Å². The van der Waals surface area contributed by atoms with Gasteiger partial charge in [-0.1, -0.05) is 48.5 Å². The fourth-order valence-corrected chi connectivity index (χ4v) is 2.37. The molecule has 0 saturated heterocycles. The maximum atomic E-state index is 13.6. The summed E-state index contributed by atoms with van der Waals surface area (Å²) in [6, 6.07) is 16.4. The van der Waals surface area contributed by atoms with Crippen LogP contribution in [-0.2, 0) is 22.6 Å². The van der Waals surface area contributed by atoms with E-state index in [-0.39, 0.29) is 24.8 Å². The molecule has 0 saturated carbocycles. The molecule has 0 fully saturated rings. The van der Waals surface area contributed by atoms with Gasteiger partial charge in [-0.05, 0) is 11.6 Å². The molecule has 0 aliphatic heterocycles. The van der Waals surface area contributed by atoms with E-state index < -0.39 is 0 Å². The predicted molar refractivity (Wildman–Crippen MR) is 91.8 cm³/mol. The molecule has 4 nitrogen and oxygen atoms in total. The lowest BCUT2D eigenvalue weighted by Gasteiger charge is -2.21. The average Bonchev–Trinajstić information content (AvgIpc) is 2.60. The van der Waals surface area contributed by atoms with E-state index in [0.717, 1.165) is 5.56 Å². The molecule has 1 amide bonds. The Kier molecular flexibility index (Phi) is 7.39. The zero-order valence-electron chi connectivity index (χ0n) is 13.9. The van der Waals surface area contributed by atoms with Gasteiger partial charge in [-0.15, -0.1) is 0 Å². The van der Waals surface area contributed by atoms with Gasteiger partial charge in [0.25, 0.3) is 0 Å². The minimum absolute atomic E-state index is 0.134. The van der Waals surface area contributed by atoms with Gasteiger partial charge >= 0.3 is 0 Å². The van der Waals surface area contributed by atoms with Crippen molar-refractivity contribution >= 4 is 5.91 Å². The lowest BCUT2D eigenvalue weighted by molar-refractivity contribution is -0.122. The summed E-state index contributed by atoms with van der Waals surface area (Å²) in [7, 11) is 1.64. The van der Waals surface area contributed by atoms with Gasteiger partial charge < -0.3 is 10.1 Å². The van der Waals surface area contributed by atoms with Crippen LogP contribution in [0.25, 0.3) is 0 Å². The summed E-state index contributed by atoms with van der Waals surface area (Å²) in [6.07, 6.45) is 0. The summed E-state index contributed by atoms with van der Waals surface area (Å²) < 4.78 is 18.7. The molecule has 0 heterocycles. The monoisotopic (exact) mass is 330 g/mol. The molecule has 24 heavy (non-hydrogen) atoms. The molecule has 0 aliphatic rings. The van der Waals surface area contributed by atoms with Gasteiger partial charge in [0, 0.05) is 32.3 Å². The standard InChI is InChI=1S/C19H23FN2O2/c1-24-12-11-22(14-16-7-3-2-4-8-16)15-19(23)21-13-17-9-5-6-10-18(17)20/h2-10H,11-15H2,1H3,(H,21,23). The molecule has 0 radical (unpaired) electrons. The molecule has 128 valence electrons.